The molecule has 5 N–H and O–H groups in total. The minimum Gasteiger partial charge on any atom is -0.474 e. The summed E-state index contributed by atoms with van der Waals surface area (Å²) in [6, 6.07) is 3.44. The van der Waals surface area contributed by atoms with Gasteiger partial charge in [0.2, 0.25) is 5.88 Å². The SMILES string of the molecule is CNC1CC(N(C(=O)O)c2cc3cc(-c4cnc5c(c4C)NCCO5)c(F)c(N)c3cn2)C1. The number of anilines is 3. The van der Waals surface area contributed by atoms with Gasteiger partial charge in [0.05, 0.1) is 5.69 Å². The average Bonchev–Trinajstić information content (AvgIpc) is 2.78. The van der Waals surface area contributed by atoms with E-state index in [2.05, 4.69) is 20.6 Å². The highest BCUT2D eigenvalue weighted by molar-refractivity contribution is 5.99. The van der Waals surface area contributed by atoms with Crippen molar-refractivity contribution in [3.05, 3.63) is 35.9 Å². The molecule has 1 saturated carbocycles. The Morgan fingerprint density at radius 1 is 1.30 bits per heavy atom. The van der Waals surface area contributed by atoms with E-state index in [4.69, 9.17) is 10.5 Å². The van der Waals surface area contributed by atoms with Crippen molar-refractivity contribution in [3.63, 3.8) is 0 Å². The number of carboxylic acid groups (broad SMARTS) is 1. The average molecular weight is 452 g/mol. The lowest BCUT2D eigenvalue weighted by molar-refractivity contribution is 0.188. The third kappa shape index (κ3) is 3.46. The number of nitrogens with zero attached hydrogens (tertiary/aromatic N) is 3. The van der Waals surface area contributed by atoms with Crippen LogP contribution >= 0.6 is 0 Å². The molecule has 1 amide bonds. The normalized spacial score (nSPS) is 19.2. The van der Waals surface area contributed by atoms with Crippen molar-refractivity contribution in [1.82, 2.24) is 15.3 Å². The zero-order chi connectivity index (χ0) is 23.3. The molecule has 0 atom stereocenters. The van der Waals surface area contributed by atoms with E-state index in [-0.39, 0.29) is 23.3 Å². The molecule has 9 nitrogen and oxygen atoms in total. The maximum atomic E-state index is 15.3. The van der Waals surface area contributed by atoms with E-state index in [0.717, 1.165) is 11.3 Å². The highest BCUT2D eigenvalue weighted by atomic mass is 19.1. The minimum absolute atomic E-state index is 0.0383. The summed E-state index contributed by atoms with van der Waals surface area (Å²) >= 11 is 0. The largest absolute Gasteiger partial charge is 0.474 e. The number of carbonyl (C=O) groups is 1. The molecule has 2 aliphatic rings. The zero-order valence-corrected chi connectivity index (χ0v) is 18.4. The number of benzene rings is 1. The molecule has 2 aromatic heterocycles. The van der Waals surface area contributed by atoms with Crippen LogP contribution < -0.4 is 26.0 Å². The van der Waals surface area contributed by atoms with Crippen LogP contribution in [0.1, 0.15) is 18.4 Å². The van der Waals surface area contributed by atoms with Gasteiger partial charge in [0.15, 0.2) is 5.82 Å². The Labute approximate surface area is 189 Å². The van der Waals surface area contributed by atoms with E-state index in [1.165, 1.54) is 11.1 Å². The topological polar surface area (TPSA) is 126 Å². The van der Waals surface area contributed by atoms with Gasteiger partial charge in [-0.2, -0.15) is 0 Å². The number of rotatable bonds is 4. The van der Waals surface area contributed by atoms with E-state index < -0.39 is 11.9 Å². The maximum Gasteiger partial charge on any atom is 0.413 e. The fourth-order valence-electron chi connectivity index (χ4n) is 4.58. The van der Waals surface area contributed by atoms with Crippen molar-refractivity contribution in [2.75, 3.05) is 36.1 Å². The first kappa shape index (κ1) is 21.2. The molecule has 172 valence electrons. The van der Waals surface area contributed by atoms with Gasteiger partial charge in [0.25, 0.3) is 0 Å². The van der Waals surface area contributed by atoms with Crippen LogP contribution in [-0.2, 0) is 0 Å². The summed E-state index contributed by atoms with van der Waals surface area (Å²) < 4.78 is 20.9. The van der Waals surface area contributed by atoms with Crippen LogP contribution in [0.25, 0.3) is 21.9 Å². The van der Waals surface area contributed by atoms with Crippen LogP contribution in [0.4, 0.5) is 26.4 Å². The molecule has 33 heavy (non-hydrogen) atoms. The highest BCUT2D eigenvalue weighted by Gasteiger charge is 2.37. The molecule has 3 heterocycles. The highest BCUT2D eigenvalue weighted by Crippen LogP contribution is 2.40. The van der Waals surface area contributed by atoms with E-state index in [1.54, 1.807) is 18.3 Å². The lowest BCUT2D eigenvalue weighted by Crippen LogP contribution is -2.53. The fraction of sp³-hybridized carbons (Fsp3) is 0.348. The van der Waals surface area contributed by atoms with E-state index in [0.29, 0.717) is 54.0 Å². The van der Waals surface area contributed by atoms with Crippen molar-refractivity contribution < 1.29 is 19.0 Å². The van der Waals surface area contributed by atoms with E-state index >= 15 is 4.39 Å². The third-order valence-electron chi connectivity index (χ3n) is 6.56. The van der Waals surface area contributed by atoms with Gasteiger partial charge in [-0.15, -0.1) is 0 Å². The van der Waals surface area contributed by atoms with Crippen LogP contribution in [0.2, 0.25) is 0 Å². The molecule has 3 aromatic rings. The number of fused-ring (bicyclic) bond motifs is 2. The summed E-state index contributed by atoms with van der Waals surface area (Å²) in [5.74, 6) is 0.215. The molecule has 0 saturated heterocycles. The number of hydrogen-bond acceptors (Lipinski definition) is 7. The molecule has 1 aliphatic carbocycles. The van der Waals surface area contributed by atoms with E-state index in [9.17, 15) is 9.90 Å². The minimum atomic E-state index is -1.07. The molecular weight excluding hydrogens is 427 g/mol. The number of pyridine rings is 2. The van der Waals surface area contributed by atoms with Gasteiger partial charge in [0.1, 0.15) is 18.1 Å². The molecule has 0 spiro atoms. The standard InChI is InChI=1S/C23H25FN6O3/c1-11-16(9-29-22-21(11)27-3-4-33-22)15-5-12-6-18(28-10-17(12)20(25)19(15)24)30(23(31)32)14-7-13(8-14)26-2/h5-6,9-10,13-14,26-27H,3-4,7-8,25H2,1-2H3,(H,31,32). The Bertz CT molecular complexity index is 1260. The molecule has 0 radical (unpaired) electrons. The van der Waals surface area contributed by atoms with Crippen LogP contribution in [-0.4, -0.2) is 53.5 Å². The van der Waals surface area contributed by atoms with Gasteiger partial charge in [-0.25, -0.2) is 19.2 Å². The van der Waals surface area contributed by atoms with Crippen molar-refractivity contribution in [1.29, 1.82) is 0 Å². The van der Waals surface area contributed by atoms with Crippen LogP contribution in [0.15, 0.2) is 24.5 Å². The molecule has 0 unspecified atom stereocenters. The van der Waals surface area contributed by atoms with Crippen molar-refractivity contribution in [3.8, 4) is 17.0 Å². The zero-order valence-electron chi connectivity index (χ0n) is 18.4. The lowest BCUT2D eigenvalue weighted by Gasteiger charge is -2.40. The Hall–Kier alpha value is -3.66. The van der Waals surface area contributed by atoms with Gasteiger partial charge in [-0.1, -0.05) is 0 Å². The smallest absolute Gasteiger partial charge is 0.413 e. The van der Waals surface area contributed by atoms with Gasteiger partial charge in [-0.05, 0) is 49.9 Å². The predicted molar refractivity (Wildman–Crippen MR) is 124 cm³/mol. The molecule has 1 aliphatic heterocycles. The Morgan fingerprint density at radius 2 is 2.09 bits per heavy atom. The quantitative estimate of drug-likeness (QED) is 0.444. The van der Waals surface area contributed by atoms with Crippen molar-refractivity contribution in [2.45, 2.75) is 31.8 Å². The first-order valence-electron chi connectivity index (χ1n) is 10.8. The number of hydrogen-bond donors (Lipinski definition) is 4. The fourth-order valence-corrected chi connectivity index (χ4v) is 4.58. The Balaban J connectivity index is 1.61. The summed E-state index contributed by atoms with van der Waals surface area (Å²) in [4.78, 5) is 21.9. The van der Waals surface area contributed by atoms with Gasteiger partial charge in [-0.3, -0.25) is 4.90 Å². The van der Waals surface area contributed by atoms with E-state index in [1.807, 2.05) is 14.0 Å². The number of halogens is 1. The summed E-state index contributed by atoms with van der Waals surface area (Å²) in [5.41, 5.74) is 8.51. The number of amides is 1. The van der Waals surface area contributed by atoms with Gasteiger partial charge in [0, 0.05) is 47.5 Å². The van der Waals surface area contributed by atoms with Gasteiger partial charge < -0.3 is 26.2 Å². The van der Waals surface area contributed by atoms with Crippen LogP contribution in [0, 0.1) is 12.7 Å². The summed E-state index contributed by atoms with van der Waals surface area (Å²) in [6.07, 6.45) is 3.34. The monoisotopic (exact) mass is 452 g/mol. The maximum absolute atomic E-state index is 15.3. The van der Waals surface area contributed by atoms with Crippen LogP contribution in [0.5, 0.6) is 5.88 Å². The molecule has 0 bridgehead atoms. The molecule has 1 aromatic carbocycles. The summed E-state index contributed by atoms with van der Waals surface area (Å²) in [5, 5.41) is 17.3. The number of aromatic nitrogens is 2. The second-order valence-electron chi connectivity index (χ2n) is 8.43. The number of ether oxygens (including phenoxy) is 1. The molecular formula is C23H25FN6O3. The first-order valence-corrected chi connectivity index (χ1v) is 10.8. The third-order valence-corrected chi connectivity index (χ3v) is 6.56. The molecule has 5 rings (SSSR count). The Kier molecular flexibility index (Phi) is 5.16. The van der Waals surface area contributed by atoms with Crippen molar-refractivity contribution in [2.24, 2.45) is 0 Å². The summed E-state index contributed by atoms with van der Waals surface area (Å²) in [7, 11) is 1.86. The first-order chi connectivity index (χ1) is 15.9. The van der Waals surface area contributed by atoms with Crippen molar-refractivity contribution >= 4 is 34.1 Å². The second-order valence-corrected chi connectivity index (χ2v) is 8.43. The lowest BCUT2D eigenvalue weighted by atomic mass is 9.85. The number of nitrogens with one attached hydrogen (secondary N) is 2. The summed E-state index contributed by atoms with van der Waals surface area (Å²) in [6.45, 7) is 3.02. The van der Waals surface area contributed by atoms with Crippen LogP contribution in [0.3, 0.4) is 0 Å². The number of nitrogen functional groups attached to an aromatic ring is 1. The predicted octanol–water partition coefficient (Wildman–Crippen LogP) is 3.37. The van der Waals surface area contributed by atoms with Gasteiger partial charge >= 0.3 is 6.09 Å². The molecule has 1 fully saturated rings. The molecule has 10 heteroatoms. The second kappa shape index (κ2) is 8.04. The Morgan fingerprint density at radius 3 is 2.82 bits per heavy atom. The number of nitrogens with two attached hydrogens (primary N) is 1.